The minimum absolute atomic E-state index is 0.0443. The highest BCUT2D eigenvalue weighted by atomic mass is 16.2. The van der Waals surface area contributed by atoms with Crippen molar-refractivity contribution in [3.8, 4) is 0 Å². The zero-order chi connectivity index (χ0) is 17.8. The Hall–Kier alpha value is -2.95. The Morgan fingerprint density at radius 3 is 1.50 bits per heavy atom. The van der Waals surface area contributed by atoms with E-state index in [-0.39, 0.29) is 11.9 Å². The topological polar surface area (TPSA) is 53.2 Å². The molecule has 4 heteroatoms. The van der Waals surface area contributed by atoms with Crippen LogP contribution in [0.2, 0.25) is 0 Å². The van der Waals surface area contributed by atoms with E-state index in [0.29, 0.717) is 6.54 Å². The van der Waals surface area contributed by atoms with Crippen LogP contribution >= 0.6 is 0 Å². The molecule has 0 saturated carbocycles. The summed E-state index contributed by atoms with van der Waals surface area (Å²) in [6.07, 6.45) is 0. The first-order valence-corrected chi connectivity index (χ1v) is 8.78. The molecule has 26 heavy (non-hydrogen) atoms. The Morgan fingerprint density at radius 1 is 0.731 bits per heavy atom. The van der Waals surface area contributed by atoms with Crippen LogP contribution in [-0.2, 0) is 10.3 Å². The van der Waals surface area contributed by atoms with Gasteiger partial charge in [-0.3, -0.25) is 15.5 Å². The lowest BCUT2D eigenvalue weighted by atomic mass is 9.76. The van der Waals surface area contributed by atoms with Crippen molar-refractivity contribution >= 4 is 5.91 Å². The number of rotatable bonds is 5. The van der Waals surface area contributed by atoms with Gasteiger partial charge in [-0.1, -0.05) is 91.0 Å². The summed E-state index contributed by atoms with van der Waals surface area (Å²) in [7, 11) is 0. The third kappa shape index (κ3) is 2.90. The van der Waals surface area contributed by atoms with Crippen molar-refractivity contribution in [2.45, 2.75) is 11.6 Å². The highest BCUT2D eigenvalue weighted by Crippen LogP contribution is 2.37. The van der Waals surface area contributed by atoms with Crippen molar-refractivity contribution < 1.29 is 4.79 Å². The van der Waals surface area contributed by atoms with E-state index in [1.807, 2.05) is 54.6 Å². The van der Waals surface area contributed by atoms with Crippen LogP contribution in [0.1, 0.15) is 16.7 Å². The molecule has 0 aliphatic carbocycles. The minimum atomic E-state index is -0.627. The summed E-state index contributed by atoms with van der Waals surface area (Å²) in [4.78, 5) is 12.3. The van der Waals surface area contributed by atoms with Gasteiger partial charge >= 0.3 is 0 Å². The normalized spacial score (nSPS) is 17.1. The van der Waals surface area contributed by atoms with Gasteiger partial charge < -0.3 is 0 Å². The predicted molar refractivity (Wildman–Crippen MR) is 102 cm³/mol. The summed E-state index contributed by atoms with van der Waals surface area (Å²) in [5.74, 6) is -0.0443. The molecule has 3 aromatic carbocycles. The Labute approximate surface area is 153 Å². The molecule has 1 heterocycles. The van der Waals surface area contributed by atoms with Crippen molar-refractivity contribution in [1.29, 1.82) is 0 Å². The summed E-state index contributed by atoms with van der Waals surface area (Å²) >= 11 is 0. The highest BCUT2D eigenvalue weighted by molar-refractivity contribution is 5.83. The van der Waals surface area contributed by atoms with Crippen LogP contribution in [0.3, 0.4) is 0 Å². The molecule has 1 saturated heterocycles. The SMILES string of the molecule is O=C1NNC[C@H]1NC(c1ccccc1)(c1ccccc1)c1ccccc1. The van der Waals surface area contributed by atoms with Crippen LogP contribution in [0.25, 0.3) is 0 Å². The number of hydrazine groups is 1. The molecule has 0 spiro atoms. The lowest BCUT2D eigenvalue weighted by molar-refractivity contribution is -0.121. The molecule has 1 aliphatic rings. The summed E-state index contributed by atoms with van der Waals surface area (Å²) in [6, 6.07) is 30.5. The maximum Gasteiger partial charge on any atom is 0.252 e. The summed E-state index contributed by atoms with van der Waals surface area (Å²) < 4.78 is 0. The van der Waals surface area contributed by atoms with Crippen molar-refractivity contribution in [2.24, 2.45) is 0 Å². The zero-order valence-corrected chi connectivity index (χ0v) is 14.4. The fraction of sp³-hybridized carbons (Fsp3) is 0.136. The minimum Gasteiger partial charge on any atom is -0.290 e. The van der Waals surface area contributed by atoms with Crippen LogP contribution in [0.4, 0.5) is 0 Å². The standard InChI is InChI=1S/C22H21N3O/c26-21-20(16-23-25-21)24-22(17-10-4-1-5-11-17,18-12-6-2-7-13-18)19-14-8-3-9-15-19/h1-15,20,23-24H,16H2,(H,25,26)/t20-/m1/s1. The highest BCUT2D eigenvalue weighted by Gasteiger charge is 2.40. The third-order valence-corrected chi connectivity index (χ3v) is 4.85. The van der Waals surface area contributed by atoms with Gasteiger partial charge in [0.1, 0.15) is 6.04 Å². The van der Waals surface area contributed by atoms with Gasteiger partial charge in [-0.15, -0.1) is 0 Å². The Balaban J connectivity index is 1.95. The predicted octanol–water partition coefficient (Wildman–Crippen LogP) is 2.57. The lowest BCUT2D eigenvalue weighted by Crippen LogP contribution is -2.53. The molecule has 0 aromatic heterocycles. The molecular weight excluding hydrogens is 322 g/mol. The summed E-state index contributed by atoms with van der Waals surface area (Å²) in [5.41, 5.74) is 8.29. The second-order valence-corrected chi connectivity index (χ2v) is 6.42. The molecule has 0 unspecified atom stereocenters. The molecule has 3 N–H and O–H groups in total. The number of carbonyl (C=O) groups excluding carboxylic acids is 1. The Bertz CT molecular complexity index is 769. The van der Waals surface area contributed by atoms with E-state index in [1.165, 1.54) is 0 Å². The molecule has 0 bridgehead atoms. The monoisotopic (exact) mass is 343 g/mol. The largest absolute Gasteiger partial charge is 0.290 e. The Morgan fingerprint density at radius 2 is 1.15 bits per heavy atom. The number of hydrogen-bond donors (Lipinski definition) is 3. The van der Waals surface area contributed by atoms with Gasteiger partial charge in [-0.05, 0) is 16.7 Å². The first kappa shape index (κ1) is 16.5. The summed E-state index contributed by atoms with van der Waals surface area (Å²) in [6.45, 7) is 0.535. The van der Waals surface area contributed by atoms with Crippen LogP contribution in [0.15, 0.2) is 91.0 Å². The molecule has 1 aliphatic heterocycles. The lowest BCUT2D eigenvalue weighted by Gasteiger charge is -2.38. The zero-order valence-electron chi connectivity index (χ0n) is 14.4. The fourth-order valence-corrected chi connectivity index (χ4v) is 3.61. The molecular formula is C22H21N3O. The van der Waals surface area contributed by atoms with E-state index in [9.17, 15) is 4.79 Å². The van der Waals surface area contributed by atoms with Crippen molar-refractivity contribution in [2.75, 3.05) is 6.54 Å². The van der Waals surface area contributed by atoms with Gasteiger partial charge in [0, 0.05) is 6.54 Å². The van der Waals surface area contributed by atoms with Crippen molar-refractivity contribution in [1.82, 2.24) is 16.2 Å². The van der Waals surface area contributed by atoms with E-state index in [4.69, 9.17) is 0 Å². The molecule has 1 fully saturated rings. The van der Waals surface area contributed by atoms with E-state index in [1.54, 1.807) is 0 Å². The van der Waals surface area contributed by atoms with Gasteiger partial charge in [-0.25, -0.2) is 5.43 Å². The van der Waals surface area contributed by atoms with Crippen LogP contribution in [0, 0.1) is 0 Å². The average Bonchev–Trinajstić information content (AvgIpc) is 3.12. The maximum absolute atomic E-state index is 12.3. The van der Waals surface area contributed by atoms with Crippen molar-refractivity contribution in [3.63, 3.8) is 0 Å². The first-order chi connectivity index (χ1) is 12.8. The van der Waals surface area contributed by atoms with Gasteiger partial charge in [0.15, 0.2) is 0 Å². The van der Waals surface area contributed by atoms with Gasteiger partial charge in [-0.2, -0.15) is 0 Å². The first-order valence-electron chi connectivity index (χ1n) is 8.78. The number of amides is 1. The number of hydrogen-bond acceptors (Lipinski definition) is 3. The van der Waals surface area contributed by atoms with E-state index in [0.717, 1.165) is 16.7 Å². The molecule has 0 radical (unpaired) electrons. The summed E-state index contributed by atoms with van der Waals surface area (Å²) in [5, 5.41) is 3.65. The van der Waals surface area contributed by atoms with E-state index < -0.39 is 5.54 Å². The van der Waals surface area contributed by atoms with E-state index in [2.05, 4.69) is 52.6 Å². The second kappa shape index (κ2) is 7.12. The molecule has 3 aromatic rings. The van der Waals surface area contributed by atoms with Gasteiger partial charge in [0.05, 0.1) is 5.54 Å². The molecule has 4 rings (SSSR count). The third-order valence-electron chi connectivity index (χ3n) is 4.85. The van der Waals surface area contributed by atoms with Crippen molar-refractivity contribution in [3.05, 3.63) is 108 Å². The fourth-order valence-electron chi connectivity index (χ4n) is 3.61. The molecule has 1 amide bonds. The number of carbonyl (C=O) groups is 1. The number of benzene rings is 3. The van der Waals surface area contributed by atoms with Crippen LogP contribution < -0.4 is 16.2 Å². The molecule has 1 atom stereocenters. The number of nitrogens with one attached hydrogen (secondary N) is 3. The molecule has 4 nitrogen and oxygen atoms in total. The van der Waals surface area contributed by atoms with Gasteiger partial charge in [0.2, 0.25) is 0 Å². The van der Waals surface area contributed by atoms with Crippen LogP contribution in [0.5, 0.6) is 0 Å². The Kier molecular flexibility index (Phi) is 4.52. The quantitative estimate of drug-likeness (QED) is 0.624. The average molecular weight is 343 g/mol. The second-order valence-electron chi connectivity index (χ2n) is 6.42. The molecule has 130 valence electrons. The smallest absolute Gasteiger partial charge is 0.252 e. The van der Waals surface area contributed by atoms with Crippen LogP contribution in [-0.4, -0.2) is 18.5 Å². The van der Waals surface area contributed by atoms with E-state index >= 15 is 0 Å². The van der Waals surface area contributed by atoms with Gasteiger partial charge in [0.25, 0.3) is 5.91 Å². The maximum atomic E-state index is 12.3.